The van der Waals surface area contributed by atoms with Gasteiger partial charge in [-0.25, -0.2) is 4.39 Å². The Morgan fingerprint density at radius 1 is 1.29 bits per heavy atom. The van der Waals surface area contributed by atoms with E-state index in [1.165, 1.54) is 12.1 Å². The summed E-state index contributed by atoms with van der Waals surface area (Å²) in [5.74, 6) is 1.59. The van der Waals surface area contributed by atoms with E-state index >= 15 is 0 Å². The summed E-state index contributed by atoms with van der Waals surface area (Å²) < 4.78 is 12.7. The summed E-state index contributed by atoms with van der Waals surface area (Å²) >= 11 is 1.76. The first kappa shape index (κ1) is 9.99. The van der Waals surface area contributed by atoms with E-state index in [0.29, 0.717) is 0 Å². The fourth-order valence-electron chi connectivity index (χ4n) is 1.77. The van der Waals surface area contributed by atoms with E-state index < -0.39 is 5.60 Å². The summed E-state index contributed by atoms with van der Waals surface area (Å²) in [5.41, 5.74) is 0.0995. The van der Waals surface area contributed by atoms with Crippen LogP contribution in [0.15, 0.2) is 24.3 Å². The smallest absolute Gasteiger partial charge is 0.123 e. The molecule has 1 aromatic carbocycles. The molecular weight excluding hydrogens is 199 g/mol. The molecular formula is C11H13FOS. The molecule has 1 saturated heterocycles. The number of aliphatic hydroxyl groups is 1. The minimum atomic E-state index is -0.739. The fourth-order valence-corrected chi connectivity index (χ4v) is 2.91. The van der Waals surface area contributed by atoms with Crippen LogP contribution in [-0.4, -0.2) is 16.6 Å². The van der Waals surface area contributed by atoms with Crippen molar-refractivity contribution in [2.24, 2.45) is 0 Å². The summed E-state index contributed by atoms with van der Waals surface area (Å²) in [6, 6.07) is 6.18. The average Bonchev–Trinajstić information content (AvgIpc) is 2.19. The molecule has 2 rings (SSSR count). The Kier molecular flexibility index (Phi) is 2.79. The van der Waals surface area contributed by atoms with Crippen LogP contribution in [-0.2, 0) is 5.60 Å². The molecule has 0 spiro atoms. The predicted octanol–water partition coefficient (Wildman–Crippen LogP) is 2.54. The van der Waals surface area contributed by atoms with Crippen LogP contribution in [0.4, 0.5) is 4.39 Å². The Labute approximate surface area is 87.3 Å². The molecule has 1 aliphatic rings. The summed E-state index contributed by atoms with van der Waals surface area (Å²) in [7, 11) is 0. The molecule has 1 N–H and O–H groups in total. The number of thioether (sulfide) groups is 1. The van der Waals surface area contributed by atoms with Crippen LogP contribution in [0.3, 0.4) is 0 Å². The second-order valence-corrected chi connectivity index (χ2v) is 4.80. The molecule has 1 nitrogen and oxygen atoms in total. The molecule has 0 radical (unpaired) electrons. The van der Waals surface area contributed by atoms with Gasteiger partial charge < -0.3 is 5.11 Å². The monoisotopic (exact) mass is 212 g/mol. The van der Waals surface area contributed by atoms with Gasteiger partial charge in [0.25, 0.3) is 0 Å². The lowest BCUT2D eigenvalue weighted by atomic mass is 9.91. The molecule has 0 unspecified atom stereocenters. The van der Waals surface area contributed by atoms with Crippen molar-refractivity contribution in [3.05, 3.63) is 35.6 Å². The summed E-state index contributed by atoms with van der Waals surface area (Å²) in [4.78, 5) is 0. The minimum Gasteiger partial charge on any atom is -0.384 e. The van der Waals surface area contributed by atoms with Crippen molar-refractivity contribution in [3.63, 3.8) is 0 Å². The standard InChI is InChI=1S/C11H13FOS/c12-10-4-2-9(3-5-10)11(13)6-1-7-14-8-11/h2-5,13H,1,6-8H2/t11-/m0/s1. The molecule has 1 atom stereocenters. The topological polar surface area (TPSA) is 20.2 Å². The van der Waals surface area contributed by atoms with Gasteiger partial charge in [-0.15, -0.1) is 0 Å². The van der Waals surface area contributed by atoms with Gasteiger partial charge in [-0.2, -0.15) is 11.8 Å². The summed E-state index contributed by atoms with van der Waals surface area (Å²) in [6.07, 6.45) is 1.81. The molecule has 0 saturated carbocycles. The van der Waals surface area contributed by atoms with Gasteiger partial charge >= 0.3 is 0 Å². The molecule has 1 aromatic rings. The van der Waals surface area contributed by atoms with Crippen LogP contribution < -0.4 is 0 Å². The average molecular weight is 212 g/mol. The molecule has 0 aromatic heterocycles. The highest BCUT2D eigenvalue weighted by Crippen LogP contribution is 2.35. The predicted molar refractivity (Wildman–Crippen MR) is 56.9 cm³/mol. The molecule has 1 aliphatic heterocycles. The third-order valence-corrected chi connectivity index (χ3v) is 3.86. The maximum Gasteiger partial charge on any atom is 0.123 e. The lowest BCUT2D eigenvalue weighted by Crippen LogP contribution is -2.31. The number of halogens is 1. The number of benzene rings is 1. The first-order valence-corrected chi connectivity index (χ1v) is 5.92. The van der Waals surface area contributed by atoms with E-state index in [0.717, 1.165) is 29.9 Å². The highest BCUT2D eigenvalue weighted by Gasteiger charge is 2.31. The molecule has 76 valence electrons. The second-order valence-electron chi connectivity index (χ2n) is 3.69. The summed E-state index contributed by atoms with van der Waals surface area (Å²) in [5, 5.41) is 10.3. The van der Waals surface area contributed by atoms with Gasteiger partial charge in [-0.1, -0.05) is 12.1 Å². The van der Waals surface area contributed by atoms with Crippen LogP contribution in [0.2, 0.25) is 0 Å². The van der Waals surface area contributed by atoms with Gasteiger partial charge in [0.1, 0.15) is 5.82 Å². The molecule has 0 amide bonds. The van der Waals surface area contributed by atoms with Crippen molar-refractivity contribution in [1.29, 1.82) is 0 Å². The number of hydrogen-bond acceptors (Lipinski definition) is 2. The van der Waals surface area contributed by atoms with Crippen LogP contribution in [0.5, 0.6) is 0 Å². The molecule has 1 heterocycles. The van der Waals surface area contributed by atoms with Crippen molar-refractivity contribution in [2.75, 3.05) is 11.5 Å². The first-order chi connectivity index (χ1) is 6.71. The quantitative estimate of drug-likeness (QED) is 0.772. The largest absolute Gasteiger partial charge is 0.384 e. The van der Waals surface area contributed by atoms with Crippen molar-refractivity contribution in [2.45, 2.75) is 18.4 Å². The van der Waals surface area contributed by atoms with Crippen molar-refractivity contribution in [1.82, 2.24) is 0 Å². The normalized spacial score (nSPS) is 27.6. The van der Waals surface area contributed by atoms with E-state index in [1.807, 2.05) is 0 Å². The van der Waals surface area contributed by atoms with Crippen LogP contribution in [0.1, 0.15) is 18.4 Å². The molecule has 3 heteroatoms. The zero-order chi connectivity index (χ0) is 10.0. The van der Waals surface area contributed by atoms with Crippen LogP contribution >= 0.6 is 11.8 Å². The Balaban J connectivity index is 2.23. The zero-order valence-corrected chi connectivity index (χ0v) is 8.69. The minimum absolute atomic E-state index is 0.249. The Bertz CT molecular complexity index is 304. The Hall–Kier alpha value is -0.540. The maximum absolute atomic E-state index is 12.7. The van der Waals surface area contributed by atoms with Crippen LogP contribution in [0, 0.1) is 5.82 Å². The van der Waals surface area contributed by atoms with Gasteiger partial charge in [0.2, 0.25) is 0 Å². The second kappa shape index (κ2) is 3.91. The van der Waals surface area contributed by atoms with Crippen molar-refractivity contribution >= 4 is 11.8 Å². The third kappa shape index (κ3) is 1.93. The number of hydrogen-bond donors (Lipinski definition) is 1. The van der Waals surface area contributed by atoms with E-state index in [2.05, 4.69) is 0 Å². The Morgan fingerprint density at radius 2 is 2.00 bits per heavy atom. The zero-order valence-electron chi connectivity index (χ0n) is 7.87. The lowest BCUT2D eigenvalue weighted by molar-refractivity contribution is 0.0495. The Morgan fingerprint density at radius 3 is 2.57 bits per heavy atom. The van der Waals surface area contributed by atoms with Gasteiger partial charge in [0.05, 0.1) is 5.60 Å². The van der Waals surface area contributed by atoms with Gasteiger partial charge in [0.15, 0.2) is 0 Å². The summed E-state index contributed by atoms with van der Waals surface area (Å²) in [6.45, 7) is 0. The maximum atomic E-state index is 12.7. The highest BCUT2D eigenvalue weighted by molar-refractivity contribution is 7.99. The lowest BCUT2D eigenvalue weighted by Gasteiger charge is -2.32. The van der Waals surface area contributed by atoms with E-state index in [-0.39, 0.29) is 5.82 Å². The molecule has 0 bridgehead atoms. The van der Waals surface area contributed by atoms with Gasteiger partial charge in [-0.05, 0) is 36.3 Å². The molecule has 14 heavy (non-hydrogen) atoms. The molecule has 1 fully saturated rings. The number of rotatable bonds is 1. The highest BCUT2D eigenvalue weighted by atomic mass is 32.2. The van der Waals surface area contributed by atoms with Gasteiger partial charge in [-0.3, -0.25) is 0 Å². The fraction of sp³-hybridized carbons (Fsp3) is 0.455. The van der Waals surface area contributed by atoms with Crippen molar-refractivity contribution < 1.29 is 9.50 Å². The third-order valence-electron chi connectivity index (χ3n) is 2.60. The van der Waals surface area contributed by atoms with E-state index in [1.54, 1.807) is 23.9 Å². The SMILES string of the molecule is O[C@@]1(c2ccc(F)cc2)CCCSC1. The van der Waals surface area contributed by atoms with Gasteiger partial charge in [0, 0.05) is 5.75 Å². The first-order valence-electron chi connectivity index (χ1n) is 4.77. The van der Waals surface area contributed by atoms with E-state index in [9.17, 15) is 9.50 Å². The van der Waals surface area contributed by atoms with E-state index in [4.69, 9.17) is 0 Å². The van der Waals surface area contributed by atoms with Crippen LogP contribution in [0.25, 0.3) is 0 Å². The van der Waals surface area contributed by atoms with Crippen molar-refractivity contribution in [3.8, 4) is 0 Å². The molecule has 0 aliphatic carbocycles.